The van der Waals surface area contributed by atoms with Crippen LogP contribution in [0.1, 0.15) is 42.0 Å². The number of anilines is 1. The number of carbonyl (C=O) groups excluding carboxylic acids is 1. The average molecular weight is 349 g/mol. The predicted octanol–water partition coefficient (Wildman–Crippen LogP) is 3.72. The SMILES string of the molecule is CCC(C(=O)Nc1cnc(-n2c(C)nc(C)c2C)nc1)c1ccccc1. The van der Waals surface area contributed by atoms with E-state index >= 15 is 0 Å². The Morgan fingerprint density at radius 2 is 1.77 bits per heavy atom. The van der Waals surface area contributed by atoms with E-state index in [0.29, 0.717) is 11.6 Å². The summed E-state index contributed by atoms with van der Waals surface area (Å²) in [5, 5.41) is 2.92. The molecule has 0 aliphatic rings. The van der Waals surface area contributed by atoms with Crippen molar-refractivity contribution < 1.29 is 4.79 Å². The van der Waals surface area contributed by atoms with Gasteiger partial charge in [-0.15, -0.1) is 0 Å². The Balaban J connectivity index is 1.78. The topological polar surface area (TPSA) is 72.7 Å². The highest BCUT2D eigenvalue weighted by atomic mass is 16.1. The van der Waals surface area contributed by atoms with E-state index in [2.05, 4.69) is 20.3 Å². The first kappa shape index (κ1) is 17.8. The van der Waals surface area contributed by atoms with Gasteiger partial charge in [0.1, 0.15) is 5.82 Å². The largest absolute Gasteiger partial charge is 0.323 e. The molecule has 0 fully saturated rings. The molecule has 1 amide bonds. The zero-order chi connectivity index (χ0) is 18.7. The minimum Gasteiger partial charge on any atom is -0.323 e. The van der Waals surface area contributed by atoms with Crippen LogP contribution in [0.3, 0.4) is 0 Å². The van der Waals surface area contributed by atoms with Gasteiger partial charge in [-0.2, -0.15) is 0 Å². The first-order valence-corrected chi connectivity index (χ1v) is 8.72. The van der Waals surface area contributed by atoms with Crippen molar-refractivity contribution in [2.45, 2.75) is 40.0 Å². The minimum absolute atomic E-state index is 0.0547. The summed E-state index contributed by atoms with van der Waals surface area (Å²) in [5.41, 5.74) is 3.55. The first-order valence-electron chi connectivity index (χ1n) is 8.72. The Kier molecular flexibility index (Phi) is 5.11. The molecule has 1 unspecified atom stereocenters. The maximum Gasteiger partial charge on any atom is 0.235 e. The van der Waals surface area contributed by atoms with E-state index in [1.54, 1.807) is 12.4 Å². The molecule has 3 rings (SSSR count). The van der Waals surface area contributed by atoms with Crippen LogP contribution in [0, 0.1) is 20.8 Å². The predicted molar refractivity (Wildman–Crippen MR) is 101 cm³/mol. The Morgan fingerprint density at radius 1 is 1.12 bits per heavy atom. The lowest BCUT2D eigenvalue weighted by Gasteiger charge is -2.15. The zero-order valence-electron chi connectivity index (χ0n) is 15.5. The number of nitrogens with zero attached hydrogens (tertiary/aromatic N) is 4. The van der Waals surface area contributed by atoms with E-state index in [1.807, 2.05) is 62.6 Å². The Bertz CT molecular complexity index is 900. The second-order valence-electron chi connectivity index (χ2n) is 6.30. The number of benzene rings is 1. The number of hydrogen-bond donors (Lipinski definition) is 1. The standard InChI is InChI=1S/C20H23N5O/c1-5-18(16-9-7-6-8-10-16)19(26)24-17-11-21-20(22-12-17)25-14(3)13(2)23-15(25)4/h6-12,18H,5H2,1-4H3,(H,24,26). The number of nitrogens with one attached hydrogen (secondary N) is 1. The molecule has 6 heteroatoms. The van der Waals surface area contributed by atoms with Crippen molar-refractivity contribution in [3.05, 3.63) is 65.5 Å². The summed E-state index contributed by atoms with van der Waals surface area (Å²) in [6.07, 6.45) is 3.99. The van der Waals surface area contributed by atoms with Crippen molar-refractivity contribution in [3.8, 4) is 5.95 Å². The second kappa shape index (κ2) is 7.47. The highest BCUT2D eigenvalue weighted by molar-refractivity contribution is 5.95. The molecular formula is C20H23N5O. The summed E-state index contributed by atoms with van der Waals surface area (Å²) in [6, 6.07) is 9.78. The average Bonchev–Trinajstić information content (AvgIpc) is 2.89. The smallest absolute Gasteiger partial charge is 0.235 e. The van der Waals surface area contributed by atoms with Crippen LogP contribution in [-0.4, -0.2) is 25.4 Å². The summed E-state index contributed by atoms with van der Waals surface area (Å²) in [6.45, 7) is 7.87. The van der Waals surface area contributed by atoms with Gasteiger partial charge in [-0.3, -0.25) is 9.36 Å². The fraction of sp³-hybridized carbons (Fsp3) is 0.300. The number of rotatable bonds is 5. The van der Waals surface area contributed by atoms with Crippen LogP contribution >= 0.6 is 0 Å². The van der Waals surface area contributed by atoms with Crippen molar-refractivity contribution in [1.29, 1.82) is 0 Å². The van der Waals surface area contributed by atoms with Crippen LogP contribution in [-0.2, 0) is 4.79 Å². The fourth-order valence-electron chi connectivity index (χ4n) is 3.06. The highest BCUT2D eigenvalue weighted by Crippen LogP contribution is 2.21. The van der Waals surface area contributed by atoms with Gasteiger partial charge in [0.05, 0.1) is 29.7 Å². The van der Waals surface area contributed by atoms with Crippen molar-refractivity contribution >= 4 is 11.6 Å². The maximum atomic E-state index is 12.6. The molecule has 3 aromatic rings. The van der Waals surface area contributed by atoms with Crippen LogP contribution in [0.4, 0.5) is 5.69 Å². The van der Waals surface area contributed by atoms with Crippen LogP contribution in [0.2, 0.25) is 0 Å². The van der Waals surface area contributed by atoms with Gasteiger partial charge in [-0.25, -0.2) is 15.0 Å². The lowest BCUT2D eigenvalue weighted by atomic mass is 9.95. The van der Waals surface area contributed by atoms with E-state index in [0.717, 1.165) is 29.2 Å². The molecule has 0 saturated carbocycles. The summed E-state index contributed by atoms with van der Waals surface area (Å²) in [5.74, 6) is 1.14. The van der Waals surface area contributed by atoms with Gasteiger partial charge in [-0.05, 0) is 32.8 Å². The van der Waals surface area contributed by atoms with E-state index in [-0.39, 0.29) is 11.8 Å². The van der Waals surface area contributed by atoms with Gasteiger partial charge in [0.2, 0.25) is 11.9 Å². The number of carbonyl (C=O) groups is 1. The summed E-state index contributed by atoms with van der Waals surface area (Å²) in [4.78, 5) is 25.9. The molecule has 0 aliphatic carbocycles. The van der Waals surface area contributed by atoms with Crippen molar-refractivity contribution in [2.75, 3.05) is 5.32 Å². The van der Waals surface area contributed by atoms with Gasteiger partial charge in [-0.1, -0.05) is 37.3 Å². The molecule has 0 aliphatic heterocycles. The third-order valence-electron chi connectivity index (χ3n) is 4.54. The number of imidazole rings is 1. The fourth-order valence-corrected chi connectivity index (χ4v) is 3.06. The lowest BCUT2D eigenvalue weighted by molar-refractivity contribution is -0.117. The van der Waals surface area contributed by atoms with Gasteiger partial charge in [0, 0.05) is 5.69 Å². The van der Waals surface area contributed by atoms with Crippen LogP contribution in [0.25, 0.3) is 5.95 Å². The molecule has 2 aromatic heterocycles. The molecule has 0 radical (unpaired) electrons. The van der Waals surface area contributed by atoms with E-state index < -0.39 is 0 Å². The molecule has 1 aromatic carbocycles. The maximum absolute atomic E-state index is 12.6. The van der Waals surface area contributed by atoms with Crippen LogP contribution in [0.5, 0.6) is 0 Å². The van der Waals surface area contributed by atoms with Gasteiger partial charge < -0.3 is 5.32 Å². The number of aryl methyl sites for hydroxylation is 2. The van der Waals surface area contributed by atoms with E-state index in [4.69, 9.17) is 0 Å². The van der Waals surface area contributed by atoms with Crippen molar-refractivity contribution in [2.24, 2.45) is 0 Å². The molecule has 0 spiro atoms. The third-order valence-corrected chi connectivity index (χ3v) is 4.54. The number of amides is 1. The molecule has 0 bridgehead atoms. The molecule has 26 heavy (non-hydrogen) atoms. The van der Waals surface area contributed by atoms with Crippen LogP contribution in [0.15, 0.2) is 42.7 Å². The summed E-state index contributed by atoms with van der Waals surface area (Å²) < 4.78 is 1.90. The molecule has 6 nitrogen and oxygen atoms in total. The normalized spacial score (nSPS) is 12.0. The molecule has 134 valence electrons. The van der Waals surface area contributed by atoms with Gasteiger partial charge in [0.15, 0.2) is 0 Å². The highest BCUT2D eigenvalue weighted by Gasteiger charge is 2.19. The van der Waals surface area contributed by atoms with E-state index in [1.165, 1.54) is 0 Å². The molecule has 0 saturated heterocycles. The zero-order valence-corrected chi connectivity index (χ0v) is 15.5. The Hall–Kier alpha value is -3.02. The van der Waals surface area contributed by atoms with Gasteiger partial charge >= 0.3 is 0 Å². The quantitative estimate of drug-likeness (QED) is 0.762. The first-order chi connectivity index (χ1) is 12.5. The minimum atomic E-state index is -0.198. The molecular weight excluding hydrogens is 326 g/mol. The van der Waals surface area contributed by atoms with Crippen molar-refractivity contribution in [3.63, 3.8) is 0 Å². The second-order valence-corrected chi connectivity index (χ2v) is 6.30. The Morgan fingerprint density at radius 3 is 2.31 bits per heavy atom. The van der Waals surface area contributed by atoms with E-state index in [9.17, 15) is 4.79 Å². The number of hydrogen-bond acceptors (Lipinski definition) is 4. The number of aromatic nitrogens is 4. The summed E-state index contributed by atoms with van der Waals surface area (Å²) in [7, 11) is 0. The lowest BCUT2D eigenvalue weighted by Crippen LogP contribution is -2.21. The summed E-state index contributed by atoms with van der Waals surface area (Å²) >= 11 is 0. The van der Waals surface area contributed by atoms with Crippen LogP contribution < -0.4 is 5.32 Å². The van der Waals surface area contributed by atoms with Gasteiger partial charge in [0.25, 0.3) is 0 Å². The molecule has 1 N–H and O–H groups in total. The van der Waals surface area contributed by atoms with Crippen molar-refractivity contribution in [1.82, 2.24) is 19.5 Å². The monoisotopic (exact) mass is 349 g/mol. The molecule has 2 heterocycles. The third kappa shape index (κ3) is 3.49. The molecule has 1 atom stereocenters. The Labute approximate surface area is 153 Å².